The van der Waals surface area contributed by atoms with Gasteiger partial charge in [-0.05, 0) is 53.4 Å². The predicted octanol–water partition coefficient (Wildman–Crippen LogP) is 4.84. The molecule has 2 fully saturated rings. The number of phenols is 1. The Kier molecular flexibility index (Phi) is 8.32. The first kappa shape index (κ1) is 27.0. The molecule has 0 bridgehead atoms. The number of amides is 1. The van der Waals surface area contributed by atoms with Crippen molar-refractivity contribution in [1.82, 2.24) is 9.62 Å². The summed E-state index contributed by atoms with van der Waals surface area (Å²) in [5, 5.41) is 11.1. The summed E-state index contributed by atoms with van der Waals surface area (Å²) in [7, 11) is -1.44. The van der Waals surface area contributed by atoms with Crippen molar-refractivity contribution in [3.05, 3.63) is 26.7 Å². The summed E-state index contributed by atoms with van der Waals surface area (Å²) in [6.07, 6.45) is 0.600. The number of nitrogens with zero attached hydrogens (tertiary/aromatic N) is 1. The van der Waals surface area contributed by atoms with Gasteiger partial charge in [-0.2, -0.15) is 0 Å². The largest absolute Gasteiger partial charge is 0.507 e. The van der Waals surface area contributed by atoms with E-state index in [9.17, 15) is 14.1 Å². The van der Waals surface area contributed by atoms with Crippen LogP contribution in [0.5, 0.6) is 5.75 Å². The summed E-state index contributed by atoms with van der Waals surface area (Å²) in [6.45, 7) is 10.3. The van der Waals surface area contributed by atoms with Gasteiger partial charge >= 0.3 is 0 Å². The van der Waals surface area contributed by atoms with Gasteiger partial charge in [-0.1, -0.05) is 34.8 Å². The van der Waals surface area contributed by atoms with E-state index in [4.69, 9.17) is 44.3 Å². The number of carbonyl (C=O) groups is 1. The second kappa shape index (κ2) is 10.2. The van der Waals surface area contributed by atoms with Crippen molar-refractivity contribution in [2.45, 2.75) is 70.1 Å². The molecule has 3 rings (SSSR count). The summed E-state index contributed by atoms with van der Waals surface area (Å²) in [5.74, 6) is -1.04. The third-order valence-corrected chi connectivity index (χ3v) is 8.74. The van der Waals surface area contributed by atoms with E-state index in [0.717, 1.165) is 0 Å². The van der Waals surface area contributed by atoms with Crippen LogP contribution in [0.3, 0.4) is 0 Å². The minimum atomic E-state index is -1.44. The molecule has 2 aliphatic heterocycles. The van der Waals surface area contributed by atoms with E-state index in [-0.39, 0.29) is 39.2 Å². The summed E-state index contributed by atoms with van der Waals surface area (Å²) < 4.78 is 26.8. The molecule has 2 aliphatic rings. The first-order valence-electron chi connectivity index (χ1n) is 10.9. The second-order valence-corrected chi connectivity index (χ2v) is 13.0. The predicted molar refractivity (Wildman–Crippen MR) is 131 cm³/mol. The van der Waals surface area contributed by atoms with Gasteiger partial charge in [-0.15, -0.1) is 0 Å². The molecule has 2 saturated heterocycles. The number of likely N-dealkylation sites (tertiary alicyclic amines) is 1. The number of benzene rings is 1. The smallest absolute Gasteiger partial charge is 0.254 e. The lowest BCUT2D eigenvalue weighted by Gasteiger charge is -2.38. The maximum atomic E-state index is 13.0. The SMILES string of the molecule is CC1(C)OC[C@H](C(=O)N2CCC([C@@H](N[S@@](=O)C(C)(C)C)c3c(O)cc(Cl)c(Cl)c3Cl)CC2)O1. The number of phenolic OH excluding ortho intramolecular Hbond substituents is 1. The maximum absolute atomic E-state index is 13.0. The van der Waals surface area contributed by atoms with Crippen molar-refractivity contribution in [3.63, 3.8) is 0 Å². The average molecular weight is 542 g/mol. The molecule has 0 aromatic heterocycles. The Morgan fingerprint density at radius 2 is 1.85 bits per heavy atom. The highest BCUT2D eigenvalue weighted by molar-refractivity contribution is 7.84. The zero-order chi connectivity index (χ0) is 24.7. The molecule has 1 aromatic carbocycles. The van der Waals surface area contributed by atoms with E-state index in [0.29, 0.717) is 31.5 Å². The van der Waals surface area contributed by atoms with E-state index in [1.165, 1.54) is 6.07 Å². The minimum absolute atomic E-state index is 0.0572. The normalized spacial score (nSPS) is 23.5. The van der Waals surface area contributed by atoms with Crippen molar-refractivity contribution in [2.24, 2.45) is 5.92 Å². The van der Waals surface area contributed by atoms with E-state index in [1.54, 1.807) is 18.7 Å². The molecular formula is C22H31Cl3N2O5S. The fourth-order valence-electron chi connectivity index (χ4n) is 4.04. The number of hydrogen-bond acceptors (Lipinski definition) is 5. The third-order valence-electron chi connectivity index (χ3n) is 5.89. The summed E-state index contributed by atoms with van der Waals surface area (Å²) >= 11 is 18.8. The van der Waals surface area contributed by atoms with E-state index >= 15 is 0 Å². The summed E-state index contributed by atoms with van der Waals surface area (Å²) in [6, 6.07) is 0.798. The van der Waals surface area contributed by atoms with Gasteiger partial charge in [-0.3, -0.25) is 4.79 Å². The van der Waals surface area contributed by atoms with Crippen LogP contribution in [0.2, 0.25) is 15.1 Å². The van der Waals surface area contributed by atoms with Crippen LogP contribution in [0.4, 0.5) is 0 Å². The zero-order valence-corrected chi connectivity index (χ0v) is 22.5. The quantitative estimate of drug-likeness (QED) is 0.521. The zero-order valence-electron chi connectivity index (χ0n) is 19.4. The molecular weight excluding hydrogens is 511 g/mol. The van der Waals surface area contributed by atoms with Gasteiger partial charge in [0.1, 0.15) is 5.75 Å². The Morgan fingerprint density at radius 1 is 1.24 bits per heavy atom. The molecule has 2 heterocycles. The number of carbonyl (C=O) groups excluding carboxylic acids is 1. The van der Waals surface area contributed by atoms with Gasteiger partial charge in [0.05, 0.1) is 43.4 Å². The molecule has 1 aromatic rings. The van der Waals surface area contributed by atoms with Gasteiger partial charge in [0.15, 0.2) is 11.9 Å². The van der Waals surface area contributed by atoms with Crippen LogP contribution in [-0.4, -0.2) is 56.5 Å². The Hall–Kier alpha value is -0.610. The minimum Gasteiger partial charge on any atom is -0.507 e. The van der Waals surface area contributed by atoms with Crippen LogP contribution in [0.25, 0.3) is 0 Å². The highest BCUT2D eigenvalue weighted by atomic mass is 35.5. The monoisotopic (exact) mass is 540 g/mol. The maximum Gasteiger partial charge on any atom is 0.254 e. The van der Waals surface area contributed by atoms with E-state index in [1.807, 2.05) is 20.8 Å². The van der Waals surface area contributed by atoms with Crippen molar-refractivity contribution >= 4 is 51.7 Å². The standard InChI is InChI=1S/C22H31Cl3N2O5S/c1-21(2,3)33(30)26-19(16-14(28)10-13(23)17(24)18(16)25)12-6-8-27(9-7-12)20(29)15-11-31-22(4,5)32-15/h10,12,15,19,26,28H,6-9,11H2,1-5H3/t15-,19-,33+/m1/s1. The number of rotatable bonds is 5. The summed E-state index contributed by atoms with van der Waals surface area (Å²) in [5.41, 5.74) is 0.364. The number of piperidine rings is 1. The van der Waals surface area contributed by atoms with Crippen LogP contribution in [0.1, 0.15) is 59.1 Å². The van der Waals surface area contributed by atoms with E-state index < -0.39 is 33.7 Å². The number of nitrogens with one attached hydrogen (secondary N) is 1. The molecule has 0 saturated carbocycles. The Bertz CT molecular complexity index is 930. The van der Waals surface area contributed by atoms with Gasteiger partial charge in [0.2, 0.25) is 0 Å². The highest BCUT2D eigenvalue weighted by Crippen LogP contribution is 2.45. The van der Waals surface area contributed by atoms with Crippen molar-refractivity contribution in [2.75, 3.05) is 19.7 Å². The van der Waals surface area contributed by atoms with Crippen LogP contribution in [0.15, 0.2) is 6.07 Å². The van der Waals surface area contributed by atoms with Gasteiger partial charge < -0.3 is 19.5 Å². The number of hydrogen-bond donors (Lipinski definition) is 2. The highest BCUT2D eigenvalue weighted by Gasteiger charge is 2.41. The lowest BCUT2D eigenvalue weighted by molar-refractivity contribution is -0.161. The lowest BCUT2D eigenvalue weighted by Crippen LogP contribution is -2.47. The van der Waals surface area contributed by atoms with E-state index in [2.05, 4.69) is 4.72 Å². The molecule has 11 heteroatoms. The molecule has 7 nitrogen and oxygen atoms in total. The number of halogens is 3. The topological polar surface area (TPSA) is 88.1 Å². The van der Waals surface area contributed by atoms with Gasteiger partial charge in [-0.25, -0.2) is 8.93 Å². The van der Waals surface area contributed by atoms with Crippen molar-refractivity contribution < 1.29 is 23.6 Å². The Balaban J connectivity index is 1.81. The Labute approximate surface area is 212 Å². The fraction of sp³-hybridized carbons (Fsp3) is 0.682. The number of aromatic hydroxyl groups is 1. The van der Waals surface area contributed by atoms with Crippen LogP contribution >= 0.6 is 34.8 Å². The molecule has 2 N–H and O–H groups in total. The molecule has 1 amide bonds. The molecule has 33 heavy (non-hydrogen) atoms. The first-order valence-corrected chi connectivity index (χ1v) is 13.1. The first-order chi connectivity index (χ1) is 15.2. The van der Waals surface area contributed by atoms with Gasteiger partial charge in [0, 0.05) is 24.7 Å². The number of ether oxygens (including phenoxy) is 2. The molecule has 0 aliphatic carbocycles. The third kappa shape index (κ3) is 6.15. The Morgan fingerprint density at radius 3 is 2.36 bits per heavy atom. The average Bonchev–Trinajstić information content (AvgIpc) is 3.10. The second-order valence-electron chi connectivity index (χ2n) is 9.88. The van der Waals surface area contributed by atoms with Crippen LogP contribution in [0, 0.1) is 5.92 Å². The lowest BCUT2D eigenvalue weighted by atomic mass is 9.85. The van der Waals surface area contributed by atoms with Gasteiger partial charge in [0.25, 0.3) is 5.91 Å². The van der Waals surface area contributed by atoms with Crippen molar-refractivity contribution in [1.29, 1.82) is 0 Å². The molecule has 3 atom stereocenters. The van der Waals surface area contributed by atoms with Crippen molar-refractivity contribution in [3.8, 4) is 5.75 Å². The van der Waals surface area contributed by atoms with Crippen LogP contribution in [-0.2, 0) is 25.3 Å². The summed E-state index contributed by atoms with van der Waals surface area (Å²) in [4.78, 5) is 14.7. The molecule has 0 radical (unpaired) electrons. The molecule has 186 valence electrons. The fourth-order valence-corrected chi connectivity index (χ4v) is 5.65. The molecule has 0 spiro atoms. The molecule has 0 unspecified atom stereocenters. The van der Waals surface area contributed by atoms with Crippen LogP contribution < -0.4 is 4.72 Å².